The van der Waals surface area contributed by atoms with Crippen LogP contribution in [-0.2, 0) is 12.7 Å². The van der Waals surface area contributed by atoms with Crippen molar-refractivity contribution in [1.29, 1.82) is 0 Å². The lowest BCUT2D eigenvalue weighted by atomic mass is 9.97. The number of aromatic nitrogens is 1. The zero-order valence-corrected chi connectivity index (χ0v) is 14.1. The summed E-state index contributed by atoms with van der Waals surface area (Å²) < 4.78 is 43.1. The van der Waals surface area contributed by atoms with E-state index in [0.29, 0.717) is 13.1 Å². The number of hydrogen-bond acceptors (Lipinski definition) is 4. The van der Waals surface area contributed by atoms with Gasteiger partial charge >= 0.3 is 6.18 Å². The molecule has 0 aliphatic carbocycles. The van der Waals surface area contributed by atoms with Crippen molar-refractivity contribution in [3.05, 3.63) is 53.4 Å². The maximum absolute atomic E-state index is 12.8. The second-order valence-electron chi connectivity index (χ2n) is 6.52. The van der Waals surface area contributed by atoms with Crippen molar-refractivity contribution in [2.75, 3.05) is 19.6 Å². The second-order valence-corrected chi connectivity index (χ2v) is 6.52. The lowest BCUT2D eigenvalue weighted by Crippen LogP contribution is -2.40. The minimum absolute atomic E-state index is 0.0232. The number of piperidine rings is 1. The Bertz CT molecular complexity index is 732. The van der Waals surface area contributed by atoms with Crippen LogP contribution in [0.2, 0.25) is 0 Å². The van der Waals surface area contributed by atoms with E-state index in [-0.39, 0.29) is 11.5 Å². The predicted octanol–water partition coefficient (Wildman–Crippen LogP) is 3.34. The van der Waals surface area contributed by atoms with Gasteiger partial charge < -0.3 is 9.84 Å². The molecule has 3 rings (SSSR count). The monoisotopic (exact) mass is 367 g/mol. The van der Waals surface area contributed by atoms with Crippen LogP contribution in [0.25, 0.3) is 0 Å². The summed E-state index contributed by atoms with van der Waals surface area (Å²) in [5.74, 6) is -0.227. The smallest absolute Gasteiger partial charge is 0.364 e. The SMILES string of the molecule is O=C(NCC1CCCN(Cc2ccon2)C1)c1cccc(C(F)(F)F)c1. The van der Waals surface area contributed by atoms with Gasteiger partial charge in [-0.05, 0) is 43.5 Å². The van der Waals surface area contributed by atoms with Gasteiger partial charge in [0, 0.05) is 31.3 Å². The average Bonchev–Trinajstić information content (AvgIpc) is 3.12. The number of amides is 1. The maximum Gasteiger partial charge on any atom is 0.416 e. The van der Waals surface area contributed by atoms with Crippen LogP contribution in [0.5, 0.6) is 0 Å². The molecule has 1 atom stereocenters. The first-order chi connectivity index (χ1) is 12.4. The molecule has 0 radical (unpaired) electrons. The molecule has 2 aromatic rings. The quantitative estimate of drug-likeness (QED) is 0.881. The van der Waals surface area contributed by atoms with Gasteiger partial charge in [0.15, 0.2) is 0 Å². The van der Waals surface area contributed by atoms with E-state index in [2.05, 4.69) is 15.4 Å². The van der Waals surface area contributed by atoms with Crippen LogP contribution in [0, 0.1) is 5.92 Å². The molecule has 8 heteroatoms. The summed E-state index contributed by atoms with van der Waals surface area (Å²) in [6.45, 7) is 2.87. The van der Waals surface area contributed by atoms with Crippen molar-refractivity contribution in [3.63, 3.8) is 0 Å². The molecule has 0 spiro atoms. The number of carbonyl (C=O) groups is 1. The van der Waals surface area contributed by atoms with Crippen LogP contribution in [0.4, 0.5) is 13.2 Å². The van der Waals surface area contributed by atoms with Crippen LogP contribution in [0.3, 0.4) is 0 Å². The summed E-state index contributed by atoms with van der Waals surface area (Å²) in [6.07, 6.45) is -0.951. The maximum atomic E-state index is 12.8. The fourth-order valence-electron chi connectivity index (χ4n) is 3.19. The number of likely N-dealkylation sites (tertiary alicyclic amines) is 1. The summed E-state index contributed by atoms with van der Waals surface area (Å²) in [6, 6.07) is 6.30. The molecule has 0 bridgehead atoms. The number of carbonyl (C=O) groups excluding carboxylic acids is 1. The number of rotatable bonds is 5. The minimum atomic E-state index is -4.46. The molecule has 1 aliphatic heterocycles. The molecule has 140 valence electrons. The van der Waals surface area contributed by atoms with Crippen molar-refractivity contribution >= 4 is 5.91 Å². The Morgan fingerprint density at radius 2 is 2.19 bits per heavy atom. The largest absolute Gasteiger partial charge is 0.416 e. The highest BCUT2D eigenvalue weighted by atomic mass is 19.4. The van der Waals surface area contributed by atoms with E-state index >= 15 is 0 Å². The Balaban J connectivity index is 1.52. The Kier molecular flexibility index (Phi) is 5.61. The van der Waals surface area contributed by atoms with Gasteiger partial charge in [-0.3, -0.25) is 9.69 Å². The van der Waals surface area contributed by atoms with E-state index in [1.807, 2.05) is 6.07 Å². The number of nitrogens with one attached hydrogen (secondary N) is 1. The lowest BCUT2D eigenvalue weighted by molar-refractivity contribution is -0.137. The summed E-state index contributed by atoms with van der Waals surface area (Å²) in [5, 5.41) is 6.66. The van der Waals surface area contributed by atoms with Crippen molar-refractivity contribution in [1.82, 2.24) is 15.4 Å². The first-order valence-corrected chi connectivity index (χ1v) is 8.49. The molecule has 2 heterocycles. The van der Waals surface area contributed by atoms with Gasteiger partial charge in [-0.15, -0.1) is 0 Å². The second kappa shape index (κ2) is 7.90. The molecule has 1 aromatic carbocycles. The summed E-state index contributed by atoms with van der Waals surface area (Å²) in [7, 11) is 0. The first kappa shape index (κ1) is 18.4. The van der Waals surface area contributed by atoms with Crippen LogP contribution >= 0.6 is 0 Å². The molecule has 1 N–H and O–H groups in total. The van der Waals surface area contributed by atoms with E-state index in [1.165, 1.54) is 18.4 Å². The average molecular weight is 367 g/mol. The highest BCUT2D eigenvalue weighted by molar-refractivity contribution is 5.94. The van der Waals surface area contributed by atoms with Crippen molar-refractivity contribution in [3.8, 4) is 0 Å². The molecule has 1 amide bonds. The van der Waals surface area contributed by atoms with E-state index in [9.17, 15) is 18.0 Å². The van der Waals surface area contributed by atoms with Crippen LogP contribution in [-0.4, -0.2) is 35.6 Å². The van der Waals surface area contributed by atoms with Crippen LogP contribution in [0.1, 0.15) is 34.5 Å². The standard InChI is InChI=1S/C18H20F3N3O2/c19-18(20,21)15-5-1-4-14(9-15)17(25)22-10-13-3-2-7-24(11-13)12-16-6-8-26-23-16/h1,4-6,8-9,13H,2-3,7,10-12H2,(H,22,25). The van der Waals surface area contributed by atoms with Crippen molar-refractivity contribution in [2.45, 2.75) is 25.6 Å². The highest BCUT2D eigenvalue weighted by Gasteiger charge is 2.31. The topological polar surface area (TPSA) is 58.4 Å². The van der Waals surface area contributed by atoms with Gasteiger partial charge in [0.1, 0.15) is 6.26 Å². The van der Waals surface area contributed by atoms with Gasteiger partial charge in [0.25, 0.3) is 5.91 Å². The Hall–Kier alpha value is -2.35. The number of benzene rings is 1. The molecule has 1 aromatic heterocycles. The molecule has 1 fully saturated rings. The van der Waals surface area contributed by atoms with Crippen LogP contribution in [0.15, 0.2) is 41.1 Å². The lowest BCUT2D eigenvalue weighted by Gasteiger charge is -2.32. The van der Waals surface area contributed by atoms with E-state index < -0.39 is 17.6 Å². The van der Waals surface area contributed by atoms with Gasteiger partial charge in [-0.1, -0.05) is 11.2 Å². The predicted molar refractivity (Wildman–Crippen MR) is 88.3 cm³/mol. The molecular formula is C18H20F3N3O2. The van der Waals surface area contributed by atoms with Crippen LogP contribution < -0.4 is 5.32 Å². The molecule has 1 unspecified atom stereocenters. The van der Waals surface area contributed by atoms with E-state index in [1.54, 1.807) is 0 Å². The third-order valence-corrected chi connectivity index (χ3v) is 4.48. The Labute approximate surface area is 149 Å². The van der Waals surface area contributed by atoms with Gasteiger partial charge in [0.05, 0.1) is 11.3 Å². The molecular weight excluding hydrogens is 347 g/mol. The fraction of sp³-hybridized carbons (Fsp3) is 0.444. The van der Waals surface area contributed by atoms with Gasteiger partial charge in [0.2, 0.25) is 0 Å². The first-order valence-electron chi connectivity index (χ1n) is 8.49. The summed E-state index contributed by atoms with van der Waals surface area (Å²) >= 11 is 0. The third-order valence-electron chi connectivity index (χ3n) is 4.48. The van der Waals surface area contributed by atoms with E-state index in [4.69, 9.17) is 4.52 Å². The Morgan fingerprint density at radius 3 is 2.92 bits per heavy atom. The molecule has 0 saturated carbocycles. The van der Waals surface area contributed by atoms with Gasteiger partial charge in [-0.25, -0.2) is 0 Å². The minimum Gasteiger partial charge on any atom is -0.364 e. The van der Waals surface area contributed by atoms with Crippen molar-refractivity contribution in [2.24, 2.45) is 5.92 Å². The number of halogens is 3. The van der Waals surface area contributed by atoms with E-state index in [0.717, 1.165) is 43.8 Å². The molecule has 5 nitrogen and oxygen atoms in total. The number of nitrogens with zero attached hydrogens (tertiary/aromatic N) is 2. The summed E-state index contributed by atoms with van der Waals surface area (Å²) in [4.78, 5) is 14.4. The molecule has 1 saturated heterocycles. The molecule has 1 aliphatic rings. The fourth-order valence-corrected chi connectivity index (χ4v) is 3.19. The number of alkyl halides is 3. The zero-order chi connectivity index (χ0) is 18.6. The normalized spacial score (nSPS) is 18.7. The molecule has 26 heavy (non-hydrogen) atoms. The Morgan fingerprint density at radius 1 is 1.35 bits per heavy atom. The van der Waals surface area contributed by atoms with Crippen molar-refractivity contribution < 1.29 is 22.5 Å². The number of hydrogen-bond donors (Lipinski definition) is 1. The summed E-state index contributed by atoms with van der Waals surface area (Å²) in [5.41, 5.74) is 0.0651. The third kappa shape index (κ3) is 4.85. The highest BCUT2D eigenvalue weighted by Crippen LogP contribution is 2.29. The zero-order valence-electron chi connectivity index (χ0n) is 14.1. The van der Waals surface area contributed by atoms with Gasteiger partial charge in [-0.2, -0.15) is 13.2 Å².